The fraction of sp³-hybridized carbons (Fsp3) is 0.364. The molecular weight excluding hydrogens is 338 g/mol. The number of carbonyl (C=O) groups excluding carboxylic acids is 2. The monoisotopic (exact) mass is 367 g/mol. The molecule has 27 heavy (non-hydrogen) atoms. The quantitative estimate of drug-likeness (QED) is 0.699. The summed E-state index contributed by atoms with van der Waals surface area (Å²) in [5.74, 6) is -0.209. The molecule has 0 heterocycles. The minimum absolute atomic E-state index is 0.0701. The minimum Gasteiger partial charge on any atom is -0.376 e. The van der Waals surface area contributed by atoms with Crippen molar-refractivity contribution in [3.05, 3.63) is 53.6 Å². The van der Waals surface area contributed by atoms with E-state index in [9.17, 15) is 9.59 Å². The van der Waals surface area contributed by atoms with Gasteiger partial charge in [0.25, 0.3) is 0 Å². The lowest BCUT2D eigenvalue weighted by Gasteiger charge is -2.18. The normalized spacial score (nSPS) is 11.0. The maximum absolute atomic E-state index is 12.3. The van der Waals surface area contributed by atoms with Gasteiger partial charge in [0.05, 0.1) is 6.54 Å². The van der Waals surface area contributed by atoms with Crippen LogP contribution >= 0.6 is 0 Å². The molecule has 3 N–H and O–H groups in total. The Morgan fingerprint density at radius 1 is 0.963 bits per heavy atom. The van der Waals surface area contributed by atoms with Crippen molar-refractivity contribution >= 4 is 28.9 Å². The fourth-order valence-electron chi connectivity index (χ4n) is 2.64. The second kappa shape index (κ2) is 8.71. The summed E-state index contributed by atoms with van der Waals surface area (Å²) in [5, 5.41) is 8.98. The molecule has 2 rings (SSSR count). The van der Waals surface area contributed by atoms with E-state index in [1.807, 2.05) is 39.8 Å². The molecule has 5 nitrogen and oxygen atoms in total. The lowest BCUT2D eigenvalue weighted by Crippen LogP contribution is -2.27. The summed E-state index contributed by atoms with van der Waals surface area (Å²) >= 11 is 0. The number of carbonyl (C=O) groups is 2. The summed E-state index contributed by atoms with van der Waals surface area (Å²) in [4.78, 5) is 24.4. The minimum atomic E-state index is -0.478. The van der Waals surface area contributed by atoms with Crippen LogP contribution in [0.25, 0.3) is 0 Å². The van der Waals surface area contributed by atoms with Crippen LogP contribution in [0.5, 0.6) is 0 Å². The largest absolute Gasteiger partial charge is 0.376 e. The van der Waals surface area contributed by atoms with E-state index in [1.54, 1.807) is 24.3 Å². The number of hydrogen-bond donors (Lipinski definition) is 3. The third kappa shape index (κ3) is 5.84. The van der Waals surface area contributed by atoms with Crippen LogP contribution in [0.2, 0.25) is 0 Å². The van der Waals surface area contributed by atoms with Gasteiger partial charge in [-0.25, -0.2) is 0 Å². The number of hydrogen-bond acceptors (Lipinski definition) is 3. The van der Waals surface area contributed by atoms with E-state index in [0.29, 0.717) is 11.4 Å². The van der Waals surface area contributed by atoms with E-state index in [4.69, 9.17) is 0 Å². The second-order valence-corrected chi connectivity index (χ2v) is 7.65. The van der Waals surface area contributed by atoms with Gasteiger partial charge in [0, 0.05) is 22.5 Å². The van der Waals surface area contributed by atoms with Crippen LogP contribution in [0, 0.1) is 12.3 Å². The summed E-state index contributed by atoms with van der Waals surface area (Å²) in [5.41, 5.74) is 4.15. The third-order valence-corrected chi connectivity index (χ3v) is 4.25. The number of benzene rings is 2. The highest BCUT2D eigenvalue weighted by molar-refractivity contribution is 5.97. The van der Waals surface area contributed by atoms with Gasteiger partial charge in [-0.15, -0.1) is 0 Å². The van der Waals surface area contributed by atoms with Gasteiger partial charge in [-0.05, 0) is 42.7 Å². The van der Waals surface area contributed by atoms with Gasteiger partial charge in [0.1, 0.15) is 0 Å². The molecule has 0 spiro atoms. The smallest absolute Gasteiger partial charge is 0.243 e. The van der Waals surface area contributed by atoms with Crippen LogP contribution < -0.4 is 16.0 Å². The van der Waals surface area contributed by atoms with Crippen LogP contribution in [0.3, 0.4) is 0 Å². The highest BCUT2D eigenvalue weighted by Gasteiger charge is 2.21. The van der Waals surface area contributed by atoms with Gasteiger partial charge in [-0.2, -0.15) is 0 Å². The van der Waals surface area contributed by atoms with Crippen molar-refractivity contribution in [3.8, 4) is 0 Å². The molecule has 2 amide bonds. The average molecular weight is 367 g/mol. The SMILES string of the molecule is CCc1cccc(C)c1NCC(=O)Nc1cccc(NC(=O)C(C)(C)C)c1. The maximum Gasteiger partial charge on any atom is 0.243 e. The zero-order valence-corrected chi connectivity index (χ0v) is 16.8. The molecule has 144 valence electrons. The first-order chi connectivity index (χ1) is 12.7. The topological polar surface area (TPSA) is 70.2 Å². The molecule has 0 aromatic heterocycles. The van der Waals surface area contributed by atoms with Crippen LogP contribution in [0.4, 0.5) is 17.1 Å². The number of aryl methyl sites for hydroxylation is 2. The molecule has 0 saturated carbocycles. The Hall–Kier alpha value is -2.82. The molecule has 0 atom stereocenters. The van der Waals surface area contributed by atoms with Gasteiger partial charge in [0.2, 0.25) is 11.8 Å². The van der Waals surface area contributed by atoms with Gasteiger partial charge in [0.15, 0.2) is 0 Å². The van der Waals surface area contributed by atoms with Crippen LogP contribution in [-0.4, -0.2) is 18.4 Å². The molecule has 0 aliphatic rings. The van der Waals surface area contributed by atoms with Gasteiger partial charge >= 0.3 is 0 Å². The Bertz CT molecular complexity index is 823. The molecule has 0 unspecified atom stereocenters. The van der Waals surface area contributed by atoms with E-state index < -0.39 is 5.41 Å². The van der Waals surface area contributed by atoms with Gasteiger partial charge in [-0.1, -0.05) is 52.0 Å². The third-order valence-electron chi connectivity index (χ3n) is 4.25. The van der Waals surface area contributed by atoms with Crippen molar-refractivity contribution in [2.75, 3.05) is 22.5 Å². The van der Waals surface area contributed by atoms with Crippen molar-refractivity contribution in [1.82, 2.24) is 0 Å². The molecule has 0 aliphatic heterocycles. The Balaban J connectivity index is 1.99. The van der Waals surface area contributed by atoms with Crippen molar-refractivity contribution in [2.24, 2.45) is 5.41 Å². The zero-order valence-electron chi connectivity index (χ0n) is 16.8. The van der Waals surface area contributed by atoms with E-state index in [2.05, 4.69) is 28.9 Å². The lowest BCUT2D eigenvalue weighted by molar-refractivity contribution is -0.123. The summed E-state index contributed by atoms with van der Waals surface area (Å²) in [6.45, 7) is 9.87. The number of amides is 2. The molecule has 0 radical (unpaired) electrons. The van der Waals surface area contributed by atoms with Crippen LogP contribution in [0.1, 0.15) is 38.8 Å². The summed E-state index contributed by atoms with van der Waals surface area (Å²) in [7, 11) is 0. The Kier molecular flexibility index (Phi) is 6.61. The second-order valence-electron chi connectivity index (χ2n) is 7.65. The molecule has 2 aromatic carbocycles. The predicted octanol–water partition coefficient (Wildman–Crippen LogP) is 4.59. The first kappa shape index (κ1) is 20.5. The number of anilines is 3. The summed E-state index contributed by atoms with van der Waals surface area (Å²) in [6.07, 6.45) is 0.904. The number of para-hydroxylation sites is 1. The summed E-state index contributed by atoms with van der Waals surface area (Å²) in [6, 6.07) is 13.3. The van der Waals surface area contributed by atoms with Crippen molar-refractivity contribution in [3.63, 3.8) is 0 Å². The van der Waals surface area contributed by atoms with Crippen molar-refractivity contribution < 1.29 is 9.59 Å². The molecule has 0 bridgehead atoms. The molecule has 0 fully saturated rings. The number of rotatable bonds is 6. The van der Waals surface area contributed by atoms with Crippen LogP contribution in [0.15, 0.2) is 42.5 Å². The molecular formula is C22H29N3O2. The van der Waals surface area contributed by atoms with Crippen molar-refractivity contribution in [2.45, 2.75) is 41.0 Å². The van der Waals surface area contributed by atoms with E-state index in [-0.39, 0.29) is 18.4 Å². The lowest BCUT2D eigenvalue weighted by atomic mass is 9.95. The molecule has 0 aliphatic carbocycles. The van der Waals surface area contributed by atoms with Gasteiger partial charge in [-0.3, -0.25) is 9.59 Å². The Labute approximate surface area is 161 Å². The molecule has 5 heteroatoms. The average Bonchev–Trinajstić information content (AvgIpc) is 2.60. The highest BCUT2D eigenvalue weighted by Crippen LogP contribution is 2.22. The standard InChI is InChI=1S/C22H29N3O2/c1-6-16-10-7-9-15(2)20(16)23-14-19(26)24-17-11-8-12-18(13-17)25-21(27)22(3,4)5/h7-13,23H,6,14H2,1-5H3,(H,24,26)(H,25,27). The Morgan fingerprint density at radius 2 is 1.59 bits per heavy atom. The Morgan fingerprint density at radius 3 is 2.22 bits per heavy atom. The fourth-order valence-corrected chi connectivity index (χ4v) is 2.64. The summed E-state index contributed by atoms with van der Waals surface area (Å²) < 4.78 is 0. The maximum atomic E-state index is 12.3. The van der Waals surface area contributed by atoms with E-state index >= 15 is 0 Å². The van der Waals surface area contributed by atoms with Crippen LogP contribution in [-0.2, 0) is 16.0 Å². The van der Waals surface area contributed by atoms with Crippen molar-refractivity contribution in [1.29, 1.82) is 0 Å². The molecule has 0 saturated heterocycles. The predicted molar refractivity (Wildman–Crippen MR) is 112 cm³/mol. The first-order valence-corrected chi connectivity index (χ1v) is 9.24. The molecule has 2 aromatic rings. The van der Waals surface area contributed by atoms with Gasteiger partial charge < -0.3 is 16.0 Å². The number of nitrogens with one attached hydrogen (secondary N) is 3. The zero-order chi connectivity index (χ0) is 20.0. The highest BCUT2D eigenvalue weighted by atomic mass is 16.2. The van der Waals surface area contributed by atoms with E-state index in [0.717, 1.165) is 17.7 Å². The van der Waals surface area contributed by atoms with E-state index in [1.165, 1.54) is 5.56 Å². The first-order valence-electron chi connectivity index (χ1n) is 9.24.